The number of aromatic nitrogens is 2. The molecule has 0 saturated carbocycles. The van der Waals surface area contributed by atoms with Crippen molar-refractivity contribution < 1.29 is 18.7 Å². The van der Waals surface area contributed by atoms with Crippen LogP contribution >= 0.6 is 0 Å². The van der Waals surface area contributed by atoms with Crippen molar-refractivity contribution >= 4 is 0 Å². The lowest BCUT2D eigenvalue weighted by molar-refractivity contribution is 0.264. The number of benzene rings is 2. The summed E-state index contributed by atoms with van der Waals surface area (Å²) in [5.74, 6) is -0.366. The van der Waals surface area contributed by atoms with Crippen molar-refractivity contribution in [3.63, 3.8) is 0 Å². The van der Waals surface area contributed by atoms with Crippen LogP contribution in [-0.2, 0) is 6.54 Å². The summed E-state index contributed by atoms with van der Waals surface area (Å²) >= 11 is 0. The van der Waals surface area contributed by atoms with Crippen LogP contribution in [0.1, 0.15) is 0 Å². The third kappa shape index (κ3) is 3.07. The molecule has 0 atom stereocenters. The molecule has 0 aliphatic rings. The summed E-state index contributed by atoms with van der Waals surface area (Å²) in [7, 11) is 1.51. The Bertz CT molecular complexity index is 917. The second-order valence-corrected chi connectivity index (χ2v) is 5.05. The fourth-order valence-corrected chi connectivity index (χ4v) is 2.38. The Hall–Kier alpha value is -2.93. The van der Waals surface area contributed by atoms with E-state index in [0.29, 0.717) is 22.4 Å². The number of nitrogens with zero attached hydrogens (tertiary/aromatic N) is 2. The smallest absolute Gasteiger partial charge is 0.437 e. The van der Waals surface area contributed by atoms with Crippen LogP contribution in [0.25, 0.3) is 22.6 Å². The second kappa shape index (κ2) is 6.67. The molecule has 1 heterocycles. The number of aliphatic hydroxyl groups excluding tert-OH is 1. The molecule has 0 fully saturated rings. The standard InChI is InChI=1S/C17H15FN2O4/c1-23-15-6-5-13(18)10-14(15)11-3-2-4-12(9-11)16-19-20(7-8-21)17(22)24-16/h2-6,9-10,21H,7-8H2,1H3. The zero-order chi connectivity index (χ0) is 17.1. The number of aliphatic hydroxyl groups is 1. The highest BCUT2D eigenvalue weighted by molar-refractivity contribution is 5.74. The molecule has 0 amide bonds. The van der Waals surface area contributed by atoms with Crippen LogP contribution in [0.3, 0.4) is 0 Å². The number of ether oxygens (including phenoxy) is 1. The summed E-state index contributed by atoms with van der Waals surface area (Å²) < 4.78 is 25.0. The minimum Gasteiger partial charge on any atom is -0.496 e. The fourth-order valence-electron chi connectivity index (χ4n) is 2.38. The summed E-state index contributed by atoms with van der Waals surface area (Å²) in [6.45, 7) is -0.161. The molecule has 0 bridgehead atoms. The maximum atomic E-state index is 13.6. The predicted molar refractivity (Wildman–Crippen MR) is 85.2 cm³/mol. The maximum absolute atomic E-state index is 13.6. The number of hydrogen-bond acceptors (Lipinski definition) is 5. The largest absolute Gasteiger partial charge is 0.496 e. The van der Waals surface area contributed by atoms with E-state index in [1.807, 2.05) is 0 Å². The molecule has 0 spiro atoms. The molecule has 3 aromatic rings. The van der Waals surface area contributed by atoms with E-state index in [0.717, 1.165) is 4.68 Å². The van der Waals surface area contributed by atoms with Crippen molar-refractivity contribution in [1.82, 2.24) is 9.78 Å². The Morgan fingerprint density at radius 3 is 2.79 bits per heavy atom. The number of hydrogen-bond donors (Lipinski definition) is 1. The summed E-state index contributed by atoms with van der Waals surface area (Å²) in [6, 6.07) is 11.2. The highest BCUT2D eigenvalue weighted by atomic mass is 19.1. The second-order valence-electron chi connectivity index (χ2n) is 5.05. The highest BCUT2D eigenvalue weighted by Crippen LogP contribution is 2.32. The van der Waals surface area contributed by atoms with E-state index in [-0.39, 0.29) is 24.9 Å². The van der Waals surface area contributed by atoms with Crippen molar-refractivity contribution in [2.45, 2.75) is 6.54 Å². The van der Waals surface area contributed by atoms with Gasteiger partial charge in [-0.15, -0.1) is 5.10 Å². The monoisotopic (exact) mass is 330 g/mol. The molecule has 0 radical (unpaired) electrons. The van der Waals surface area contributed by atoms with Gasteiger partial charge in [-0.3, -0.25) is 0 Å². The summed E-state index contributed by atoms with van der Waals surface area (Å²) in [5.41, 5.74) is 1.84. The van der Waals surface area contributed by atoms with Gasteiger partial charge < -0.3 is 14.3 Å². The van der Waals surface area contributed by atoms with Gasteiger partial charge in [0.25, 0.3) is 0 Å². The molecule has 0 aliphatic carbocycles. The Kier molecular flexibility index (Phi) is 4.43. The fraction of sp³-hybridized carbons (Fsp3) is 0.176. The van der Waals surface area contributed by atoms with E-state index in [2.05, 4.69) is 5.10 Å². The Morgan fingerprint density at radius 2 is 2.04 bits per heavy atom. The number of rotatable bonds is 5. The van der Waals surface area contributed by atoms with Crippen molar-refractivity contribution in [2.75, 3.05) is 13.7 Å². The predicted octanol–water partition coefficient (Wildman–Crippen LogP) is 2.31. The van der Waals surface area contributed by atoms with Gasteiger partial charge in [-0.1, -0.05) is 12.1 Å². The molecule has 0 aliphatic heterocycles. The van der Waals surface area contributed by atoms with E-state index >= 15 is 0 Å². The summed E-state index contributed by atoms with van der Waals surface area (Å²) in [6.07, 6.45) is 0. The topological polar surface area (TPSA) is 77.5 Å². The molecule has 0 unspecified atom stereocenters. The van der Waals surface area contributed by atoms with Crippen molar-refractivity contribution in [3.05, 3.63) is 58.8 Å². The third-order valence-electron chi connectivity index (χ3n) is 3.50. The van der Waals surface area contributed by atoms with Crippen LogP contribution in [0.2, 0.25) is 0 Å². The van der Waals surface area contributed by atoms with E-state index < -0.39 is 5.76 Å². The lowest BCUT2D eigenvalue weighted by Gasteiger charge is -2.09. The van der Waals surface area contributed by atoms with Gasteiger partial charge in [0.05, 0.1) is 20.3 Å². The molecular weight excluding hydrogens is 315 g/mol. The van der Waals surface area contributed by atoms with Crippen LogP contribution in [0, 0.1) is 5.82 Å². The van der Waals surface area contributed by atoms with Gasteiger partial charge in [0, 0.05) is 11.1 Å². The van der Waals surface area contributed by atoms with Crippen LogP contribution in [-0.4, -0.2) is 28.6 Å². The Balaban J connectivity index is 2.06. The van der Waals surface area contributed by atoms with Crippen molar-refractivity contribution in [1.29, 1.82) is 0 Å². The minimum absolute atomic E-state index is 0.0553. The zero-order valence-electron chi connectivity index (χ0n) is 12.9. The molecule has 1 N–H and O–H groups in total. The lowest BCUT2D eigenvalue weighted by atomic mass is 10.0. The zero-order valence-corrected chi connectivity index (χ0v) is 12.9. The van der Waals surface area contributed by atoms with Gasteiger partial charge in [-0.2, -0.15) is 4.68 Å². The van der Waals surface area contributed by atoms with Gasteiger partial charge in [-0.05, 0) is 35.9 Å². The highest BCUT2D eigenvalue weighted by Gasteiger charge is 2.13. The minimum atomic E-state index is -0.646. The van der Waals surface area contributed by atoms with E-state index in [1.54, 1.807) is 30.3 Å². The first-order chi connectivity index (χ1) is 11.6. The molecule has 0 saturated heterocycles. The average molecular weight is 330 g/mol. The van der Waals surface area contributed by atoms with E-state index in [9.17, 15) is 9.18 Å². The molecule has 2 aromatic carbocycles. The molecule has 24 heavy (non-hydrogen) atoms. The Morgan fingerprint density at radius 1 is 1.25 bits per heavy atom. The van der Waals surface area contributed by atoms with Gasteiger partial charge in [-0.25, -0.2) is 9.18 Å². The van der Waals surface area contributed by atoms with Crippen molar-refractivity contribution in [3.8, 4) is 28.3 Å². The normalized spacial score (nSPS) is 10.8. The molecule has 7 heteroatoms. The van der Waals surface area contributed by atoms with Crippen LogP contribution < -0.4 is 10.5 Å². The van der Waals surface area contributed by atoms with Crippen molar-refractivity contribution in [2.24, 2.45) is 0 Å². The first kappa shape index (κ1) is 15.9. The molecule has 3 rings (SSSR count). The molecule has 6 nitrogen and oxygen atoms in total. The SMILES string of the molecule is COc1ccc(F)cc1-c1cccc(-c2nn(CCO)c(=O)o2)c1. The molecule has 1 aromatic heterocycles. The van der Waals surface area contributed by atoms with Gasteiger partial charge in [0.15, 0.2) is 0 Å². The van der Waals surface area contributed by atoms with E-state index in [4.69, 9.17) is 14.3 Å². The average Bonchev–Trinajstić information content (AvgIpc) is 2.96. The number of halogens is 1. The molecular formula is C17H15FN2O4. The summed E-state index contributed by atoms with van der Waals surface area (Å²) in [4.78, 5) is 11.7. The van der Waals surface area contributed by atoms with Gasteiger partial charge in [0.1, 0.15) is 11.6 Å². The lowest BCUT2D eigenvalue weighted by Crippen LogP contribution is -2.17. The third-order valence-corrected chi connectivity index (χ3v) is 3.50. The molecule has 124 valence electrons. The first-order valence-corrected chi connectivity index (χ1v) is 7.25. The van der Waals surface area contributed by atoms with Gasteiger partial charge in [0.2, 0.25) is 5.89 Å². The maximum Gasteiger partial charge on any atom is 0.437 e. The number of methoxy groups -OCH3 is 1. The van der Waals surface area contributed by atoms with Gasteiger partial charge >= 0.3 is 5.76 Å². The van der Waals surface area contributed by atoms with Crippen LogP contribution in [0.15, 0.2) is 51.7 Å². The van der Waals surface area contributed by atoms with E-state index in [1.165, 1.54) is 19.2 Å². The van der Waals surface area contributed by atoms with Crippen LogP contribution in [0.4, 0.5) is 4.39 Å². The first-order valence-electron chi connectivity index (χ1n) is 7.25. The summed E-state index contributed by atoms with van der Waals surface area (Å²) in [5, 5.41) is 12.9. The van der Waals surface area contributed by atoms with Crippen LogP contribution in [0.5, 0.6) is 5.75 Å². The Labute approximate surface area is 136 Å². The quantitative estimate of drug-likeness (QED) is 0.777.